The molecule has 1 amide bonds. The van der Waals surface area contributed by atoms with Gasteiger partial charge in [0.2, 0.25) is 5.91 Å². The molecule has 2 saturated heterocycles. The fraction of sp³-hybridized carbons (Fsp3) is 0.421. The molecule has 1 aromatic heterocycles. The predicted octanol–water partition coefficient (Wildman–Crippen LogP) is 0.905. The molecule has 136 valence electrons. The van der Waals surface area contributed by atoms with E-state index < -0.39 is 11.2 Å². The summed E-state index contributed by atoms with van der Waals surface area (Å²) in [5.74, 6) is -0.101. The lowest BCUT2D eigenvalue weighted by molar-refractivity contribution is -0.125. The summed E-state index contributed by atoms with van der Waals surface area (Å²) in [6, 6.07) is 10.9. The number of H-pyrrole nitrogens is 2. The lowest BCUT2D eigenvalue weighted by atomic mass is 9.93. The molecular weight excluding hydrogens is 332 g/mol. The largest absolute Gasteiger partial charge is 0.351 e. The van der Waals surface area contributed by atoms with E-state index in [-0.39, 0.29) is 30.5 Å². The van der Waals surface area contributed by atoms with Crippen molar-refractivity contribution < 1.29 is 4.79 Å². The van der Waals surface area contributed by atoms with Gasteiger partial charge in [-0.3, -0.25) is 19.5 Å². The molecular formula is C19H22N4O3. The number of aromatic amines is 2. The SMILES string of the molecule is O=C(NCc1c[nH]c(=O)[nH]c1=O)[C@@H]1C[C@H](c2ccccc2)N2CCC[C@@H]12. The van der Waals surface area contributed by atoms with Crippen LogP contribution in [0.4, 0.5) is 0 Å². The van der Waals surface area contributed by atoms with E-state index in [9.17, 15) is 14.4 Å². The van der Waals surface area contributed by atoms with Gasteiger partial charge in [0.25, 0.3) is 5.56 Å². The number of amides is 1. The number of fused-ring (bicyclic) bond motifs is 1. The molecule has 0 aliphatic carbocycles. The van der Waals surface area contributed by atoms with Crippen molar-refractivity contribution in [2.24, 2.45) is 5.92 Å². The zero-order valence-electron chi connectivity index (χ0n) is 14.4. The van der Waals surface area contributed by atoms with Crippen molar-refractivity contribution in [3.8, 4) is 0 Å². The number of benzene rings is 1. The molecule has 0 unspecified atom stereocenters. The number of nitrogens with one attached hydrogen (secondary N) is 3. The minimum atomic E-state index is -0.548. The Kier molecular flexibility index (Phi) is 4.46. The Bertz CT molecular complexity index is 905. The monoisotopic (exact) mass is 354 g/mol. The molecule has 3 heterocycles. The van der Waals surface area contributed by atoms with Gasteiger partial charge in [-0.1, -0.05) is 30.3 Å². The maximum Gasteiger partial charge on any atom is 0.325 e. The molecule has 26 heavy (non-hydrogen) atoms. The van der Waals surface area contributed by atoms with Gasteiger partial charge in [0, 0.05) is 24.8 Å². The minimum Gasteiger partial charge on any atom is -0.351 e. The Hall–Kier alpha value is -2.67. The van der Waals surface area contributed by atoms with E-state index in [1.807, 2.05) is 18.2 Å². The van der Waals surface area contributed by atoms with Crippen molar-refractivity contribution in [1.82, 2.24) is 20.2 Å². The highest BCUT2D eigenvalue weighted by Gasteiger charge is 2.46. The van der Waals surface area contributed by atoms with Gasteiger partial charge in [-0.05, 0) is 31.4 Å². The summed E-state index contributed by atoms with van der Waals surface area (Å²) in [5, 5.41) is 2.88. The molecule has 2 aliphatic heterocycles. The summed E-state index contributed by atoms with van der Waals surface area (Å²) in [6.07, 6.45) is 4.28. The summed E-state index contributed by atoms with van der Waals surface area (Å²) in [7, 11) is 0. The van der Waals surface area contributed by atoms with Gasteiger partial charge in [-0.2, -0.15) is 0 Å². The first-order valence-electron chi connectivity index (χ1n) is 9.03. The van der Waals surface area contributed by atoms with Crippen molar-refractivity contribution in [1.29, 1.82) is 0 Å². The average Bonchev–Trinajstić information content (AvgIpc) is 3.24. The zero-order valence-corrected chi connectivity index (χ0v) is 14.4. The van der Waals surface area contributed by atoms with Crippen molar-refractivity contribution >= 4 is 5.91 Å². The third-order valence-electron chi connectivity index (χ3n) is 5.55. The summed E-state index contributed by atoms with van der Waals surface area (Å²) < 4.78 is 0. The van der Waals surface area contributed by atoms with Gasteiger partial charge in [0.05, 0.1) is 11.5 Å². The fourth-order valence-electron chi connectivity index (χ4n) is 4.33. The van der Waals surface area contributed by atoms with Crippen LogP contribution >= 0.6 is 0 Å². The van der Waals surface area contributed by atoms with Gasteiger partial charge >= 0.3 is 5.69 Å². The fourth-order valence-corrected chi connectivity index (χ4v) is 4.33. The molecule has 7 nitrogen and oxygen atoms in total. The van der Waals surface area contributed by atoms with E-state index in [2.05, 4.69) is 32.3 Å². The lowest BCUT2D eigenvalue weighted by Crippen LogP contribution is -2.38. The Labute approximate surface area is 150 Å². The lowest BCUT2D eigenvalue weighted by Gasteiger charge is -2.24. The van der Waals surface area contributed by atoms with E-state index in [1.165, 1.54) is 11.8 Å². The van der Waals surface area contributed by atoms with Gasteiger partial charge in [-0.15, -0.1) is 0 Å². The van der Waals surface area contributed by atoms with Crippen molar-refractivity contribution in [2.45, 2.75) is 37.9 Å². The van der Waals surface area contributed by atoms with E-state index in [4.69, 9.17) is 0 Å². The third-order valence-corrected chi connectivity index (χ3v) is 5.55. The summed E-state index contributed by atoms with van der Waals surface area (Å²) in [6.45, 7) is 1.14. The van der Waals surface area contributed by atoms with Crippen LogP contribution in [0.1, 0.15) is 36.4 Å². The first-order valence-corrected chi connectivity index (χ1v) is 9.03. The number of hydrogen-bond acceptors (Lipinski definition) is 4. The van der Waals surface area contributed by atoms with Crippen LogP contribution in [0.2, 0.25) is 0 Å². The second-order valence-corrected chi connectivity index (χ2v) is 7.03. The zero-order chi connectivity index (χ0) is 18.1. The maximum atomic E-state index is 12.8. The van der Waals surface area contributed by atoms with Crippen molar-refractivity contribution in [2.75, 3.05) is 6.54 Å². The van der Waals surface area contributed by atoms with Gasteiger partial charge < -0.3 is 10.3 Å². The highest BCUT2D eigenvalue weighted by Crippen LogP contribution is 2.44. The molecule has 2 aromatic rings. The summed E-state index contributed by atoms with van der Waals surface area (Å²) in [5.41, 5.74) is 0.587. The number of carbonyl (C=O) groups is 1. The van der Waals surface area contributed by atoms with E-state index >= 15 is 0 Å². The highest BCUT2D eigenvalue weighted by molar-refractivity contribution is 5.80. The molecule has 0 spiro atoms. The smallest absolute Gasteiger partial charge is 0.325 e. The van der Waals surface area contributed by atoms with Crippen LogP contribution in [0.3, 0.4) is 0 Å². The van der Waals surface area contributed by atoms with Crippen LogP contribution in [-0.4, -0.2) is 33.4 Å². The van der Waals surface area contributed by atoms with Gasteiger partial charge in [0.15, 0.2) is 0 Å². The first-order chi connectivity index (χ1) is 12.6. The number of carbonyl (C=O) groups excluding carboxylic acids is 1. The molecule has 0 bridgehead atoms. The van der Waals surface area contributed by atoms with Crippen LogP contribution in [0.5, 0.6) is 0 Å². The molecule has 4 rings (SSSR count). The molecule has 3 N–H and O–H groups in total. The Morgan fingerprint density at radius 2 is 2.04 bits per heavy atom. The normalized spacial score (nSPS) is 25.2. The van der Waals surface area contributed by atoms with E-state index in [0.717, 1.165) is 25.8 Å². The molecule has 0 radical (unpaired) electrons. The molecule has 0 saturated carbocycles. The molecule has 3 atom stereocenters. The molecule has 2 fully saturated rings. The standard InChI is InChI=1S/C19H22N4O3/c24-17-13(11-21-19(26)22-17)10-20-18(25)14-9-16(12-5-2-1-3-6-12)23-8-4-7-15(14)23/h1-3,5-6,11,14-16H,4,7-10H2,(H,20,25)(H2,21,22,24,26)/t14-,15+,16-/m1/s1. The second kappa shape index (κ2) is 6.92. The highest BCUT2D eigenvalue weighted by atomic mass is 16.2. The third kappa shape index (κ3) is 3.10. The van der Waals surface area contributed by atoms with E-state index in [0.29, 0.717) is 5.56 Å². The first kappa shape index (κ1) is 16.8. The van der Waals surface area contributed by atoms with Crippen molar-refractivity contribution in [3.63, 3.8) is 0 Å². The van der Waals surface area contributed by atoms with Gasteiger partial charge in [-0.25, -0.2) is 4.79 Å². The summed E-state index contributed by atoms with van der Waals surface area (Å²) in [4.78, 5) is 42.7. The number of hydrogen-bond donors (Lipinski definition) is 3. The van der Waals surface area contributed by atoms with Gasteiger partial charge in [0.1, 0.15) is 0 Å². The maximum absolute atomic E-state index is 12.8. The number of rotatable bonds is 4. The minimum absolute atomic E-state index is 0.0223. The van der Waals surface area contributed by atoms with Crippen LogP contribution in [0.15, 0.2) is 46.1 Å². The van der Waals surface area contributed by atoms with Crippen LogP contribution in [-0.2, 0) is 11.3 Å². The Balaban J connectivity index is 1.47. The Morgan fingerprint density at radius 1 is 1.23 bits per heavy atom. The second-order valence-electron chi connectivity index (χ2n) is 7.03. The molecule has 2 aliphatic rings. The average molecular weight is 354 g/mol. The quantitative estimate of drug-likeness (QED) is 0.760. The Morgan fingerprint density at radius 3 is 2.81 bits per heavy atom. The molecule has 1 aromatic carbocycles. The van der Waals surface area contributed by atoms with Crippen LogP contribution in [0.25, 0.3) is 0 Å². The van der Waals surface area contributed by atoms with E-state index in [1.54, 1.807) is 0 Å². The molecule has 7 heteroatoms. The predicted molar refractivity (Wildman–Crippen MR) is 96.5 cm³/mol. The number of aromatic nitrogens is 2. The topological polar surface area (TPSA) is 98.1 Å². The summed E-state index contributed by atoms with van der Waals surface area (Å²) >= 11 is 0. The van der Waals surface area contributed by atoms with Crippen LogP contribution < -0.4 is 16.6 Å². The number of nitrogens with zero attached hydrogens (tertiary/aromatic N) is 1. The van der Waals surface area contributed by atoms with Crippen molar-refractivity contribution in [3.05, 3.63) is 68.5 Å². The van der Waals surface area contributed by atoms with Crippen LogP contribution in [0, 0.1) is 5.92 Å².